The Hall–Kier alpha value is -2.47. The van der Waals surface area contributed by atoms with Gasteiger partial charge in [0.05, 0.1) is 17.6 Å². The van der Waals surface area contributed by atoms with Crippen LogP contribution in [0.3, 0.4) is 0 Å². The first-order valence-electron chi connectivity index (χ1n) is 9.46. The molecular weight excluding hydrogens is 409 g/mol. The molecule has 0 spiro atoms. The van der Waals surface area contributed by atoms with Crippen LogP contribution < -0.4 is 0 Å². The smallest absolute Gasteiger partial charge is 0.363 e. The van der Waals surface area contributed by atoms with Crippen LogP contribution in [-0.4, -0.2) is 34.1 Å². The Balaban J connectivity index is 1.71. The Labute approximate surface area is 179 Å². The maximum atomic E-state index is 12.6. The maximum Gasteiger partial charge on any atom is 0.377 e. The van der Waals surface area contributed by atoms with E-state index in [9.17, 15) is 4.79 Å². The van der Waals surface area contributed by atoms with Crippen molar-refractivity contribution >= 4 is 29.2 Å². The van der Waals surface area contributed by atoms with Gasteiger partial charge in [0.15, 0.2) is 5.69 Å². The predicted octanol–water partition coefficient (Wildman–Crippen LogP) is 5.68. The number of carbonyl (C=O) groups is 1. The first-order chi connectivity index (χ1) is 14.1. The quantitative estimate of drug-likeness (QED) is 0.536. The van der Waals surface area contributed by atoms with Crippen LogP contribution in [0, 0.1) is 0 Å². The van der Waals surface area contributed by atoms with Gasteiger partial charge < -0.3 is 4.84 Å². The van der Waals surface area contributed by atoms with Gasteiger partial charge >= 0.3 is 5.97 Å². The second-order valence-electron chi connectivity index (χ2n) is 6.83. The third kappa shape index (κ3) is 4.75. The van der Waals surface area contributed by atoms with E-state index in [0.29, 0.717) is 21.4 Å². The minimum atomic E-state index is -0.503. The molecule has 1 aliphatic heterocycles. The zero-order valence-electron chi connectivity index (χ0n) is 15.6. The second kappa shape index (κ2) is 8.91. The molecule has 3 aromatic rings. The highest BCUT2D eigenvalue weighted by Crippen LogP contribution is 2.30. The number of hydrogen-bond acceptors (Lipinski definition) is 5. The van der Waals surface area contributed by atoms with Gasteiger partial charge in [-0.1, -0.05) is 53.9 Å². The lowest BCUT2D eigenvalue weighted by molar-refractivity contribution is -0.119. The number of hydrogen-bond donors (Lipinski definition) is 0. The highest BCUT2D eigenvalue weighted by Gasteiger charge is 2.20. The first kappa shape index (κ1) is 19.8. The molecule has 0 radical (unpaired) electrons. The van der Waals surface area contributed by atoms with Crippen LogP contribution in [0.15, 0.2) is 54.7 Å². The van der Waals surface area contributed by atoms with Crippen molar-refractivity contribution in [3.8, 4) is 22.5 Å². The van der Waals surface area contributed by atoms with Crippen LogP contribution >= 0.6 is 23.2 Å². The number of hydroxylamine groups is 2. The summed E-state index contributed by atoms with van der Waals surface area (Å²) in [7, 11) is 0. The molecule has 0 saturated carbocycles. The molecule has 0 unspecified atom stereocenters. The monoisotopic (exact) mass is 427 g/mol. The SMILES string of the molecule is O=C(ON1CCCCC1)c1cnc(-c2ccc(Cl)cc2)c(-c2ccc(Cl)cc2)n1. The summed E-state index contributed by atoms with van der Waals surface area (Å²) in [6.45, 7) is 1.48. The second-order valence-corrected chi connectivity index (χ2v) is 7.71. The Morgan fingerprint density at radius 3 is 1.97 bits per heavy atom. The van der Waals surface area contributed by atoms with Crippen LogP contribution in [0.4, 0.5) is 0 Å². The fourth-order valence-electron chi connectivity index (χ4n) is 3.24. The van der Waals surface area contributed by atoms with Crippen LogP contribution in [0.25, 0.3) is 22.5 Å². The number of nitrogens with zero attached hydrogens (tertiary/aromatic N) is 3. The van der Waals surface area contributed by atoms with E-state index in [1.165, 1.54) is 6.20 Å². The summed E-state index contributed by atoms with van der Waals surface area (Å²) < 4.78 is 0. The van der Waals surface area contributed by atoms with Crippen molar-refractivity contribution in [3.63, 3.8) is 0 Å². The van der Waals surface area contributed by atoms with Gasteiger partial charge in [0, 0.05) is 34.3 Å². The van der Waals surface area contributed by atoms with Gasteiger partial charge in [0.1, 0.15) is 0 Å². The number of aromatic nitrogens is 2. The van der Waals surface area contributed by atoms with Gasteiger partial charge in [0.25, 0.3) is 0 Å². The molecule has 5 nitrogen and oxygen atoms in total. The topological polar surface area (TPSA) is 55.3 Å². The van der Waals surface area contributed by atoms with Crippen molar-refractivity contribution in [2.45, 2.75) is 19.3 Å². The molecule has 0 aliphatic carbocycles. The zero-order valence-corrected chi connectivity index (χ0v) is 17.2. The van der Waals surface area contributed by atoms with Gasteiger partial charge in [-0.3, -0.25) is 4.98 Å². The van der Waals surface area contributed by atoms with Gasteiger partial charge in [-0.05, 0) is 37.1 Å². The molecule has 7 heteroatoms. The molecule has 148 valence electrons. The lowest BCUT2D eigenvalue weighted by Crippen LogP contribution is -2.32. The standard InChI is InChI=1S/C22H19Cl2N3O2/c23-17-8-4-15(5-9-17)20-21(16-6-10-18(24)11-7-16)26-19(14-25-20)22(28)29-27-12-2-1-3-13-27/h4-11,14H,1-3,12-13H2. The van der Waals surface area contributed by atoms with Crippen molar-refractivity contribution < 1.29 is 9.63 Å². The summed E-state index contributed by atoms with van der Waals surface area (Å²) in [6, 6.07) is 14.6. The van der Waals surface area contributed by atoms with Crippen LogP contribution in [0.5, 0.6) is 0 Å². The van der Waals surface area contributed by atoms with Gasteiger partial charge in [-0.25, -0.2) is 9.78 Å². The number of benzene rings is 2. The highest BCUT2D eigenvalue weighted by atomic mass is 35.5. The van der Waals surface area contributed by atoms with Gasteiger partial charge in [-0.15, -0.1) is 5.06 Å². The number of halogens is 2. The largest absolute Gasteiger partial charge is 0.377 e. The van der Waals surface area contributed by atoms with E-state index in [2.05, 4.69) is 9.97 Å². The van der Waals surface area contributed by atoms with E-state index >= 15 is 0 Å². The molecule has 1 aliphatic rings. The molecule has 1 saturated heterocycles. The zero-order chi connectivity index (χ0) is 20.2. The summed E-state index contributed by atoms with van der Waals surface area (Å²) in [4.78, 5) is 27.3. The summed E-state index contributed by atoms with van der Waals surface area (Å²) in [5.74, 6) is -0.503. The maximum absolute atomic E-state index is 12.6. The molecule has 2 aromatic carbocycles. The van der Waals surface area contributed by atoms with E-state index in [0.717, 1.165) is 43.5 Å². The van der Waals surface area contributed by atoms with Crippen molar-refractivity contribution in [3.05, 3.63) is 70.5 Å². The molecule has 2 heterocycles. The average molecular weight is 428 g/mol. The fourth-order valence-corrected chi connectivity index (χ4v) is 3.49. The Kier molecular flexibility index (Phi) is 6.09. The van der Waals surface area contributed by atoms with Gasteiger partial charge in [0.2, 0.25) is 0 Å². The summed E-state index contributed by atoms with van der Waals surface area (Å²) in [5, 5.41) is 2.95. The molecule has 29 heavy (non-hydrogen) atoms. The lowest BCUT2D eigenvalue weighted by atomic mass is 10.0. The number of carbonyl (C=O) groups excluding carboxylic acids is 1. The number of piperidine rings is 1. The fraction of sp³-hybridized carbons (Fsp3) is 0.227. The molecule has 0 atom stereocenters. The molecular formula is C22H19Cl2N3O2. The van der Waals surface area contributed by atoms with Gasteiger partial charge in [-0.2, -0.15) is 0 Å². The Bertz CT molecular complexity index is 1000. The van der Waals surface area contributed by atoms with E-state index in [1.807, 2.05) is 24.3 Å². The Morgan fingerprint density at radius 2 is 1.38 bits per heavy atom. The summed E-state index contributed by atoms with van der Waals surface area (Å²) in [5.41, 5.74) is 3.05. The molecule has 4 rings (SSSR count). The summed E-state index contributed by atoms with van der Waals surface area (Å²) in [6.07, 6.45) is 4.65. The van der Waals surface area contributed by atoms with Crippen molar-refractivity contribution in [1.29, 1.82) is 0 Å². The van der Waals surface area contributed by atoms with Crippen molar-refractivity contribution in [1.82, 2.24) is 15.0 Å². The third-order valence-corrected chi connectivity index (χ3v) is 5.25. The number of rotatable bonds is 4. The summed E-state index contributed by atoms with van der Waals surface area (Å²) >= 11 is 12.0. The third-order valence-electron chi connectivity index (χ3n) is 4.74. The van der Waals surface area contributed by atoms with E-state index < -0.39 is 5.97 Å². The van der Waals surface area contributed by atoms with Crippen LogP contribution in [0.1, 0.15) is 29.8 Å². The van der Waals surface area contributed by atoms with E-state index in [4.69, 9.17) is 28.0 Å². The van der Waals surface area contributed by atoms with Crippen molar-refractivity contribution in [2.75, 3.05) is 13.1 Å². The average Bonchev–Trinajstić information content (AvgIpc) is 2.75. The minimum absolute atomic E-state index is 0.165. The van der Waals surface area contributed by atoms with Crippen molar-refractivity contribution in [2.24, 2.45) is 0 Å². The molecule has 0 N–H and O–H groups in total. The van der Waals surface area contributed by atoms with E-state index in [-0.39, 0.29) is 5.69 Å². The van der Waals surface area contributed by atoms with Crippen LogP contribution in [-0.2, 0) is 4.84 Å². The molecule has 1 aromatic heterocycles. The van der Waals surface area contributed by atoms with Crippen LogP contribution in [0.2, 0.25) is 10.0 Å². The minimum Gasteiger partial charge on any atom is -0.363 e. The predicted molar refractivity (Wildman–Crippen MR) is 114 cm³/mol. The first-order valence-corrected chi connectivity index (χ1v) is 10.2. The lowest BCUT2D eigenvalue weighted by Gasteiger charge is -2.24. The normalized spacial score (nSPS) is 14.6. The molecule has 0 bridgehead atoms. The molecule has 1 fully saturated rings. The van der Waals surface area contributed by atoms with E-state index in [1.54, 1.807) is 29.3 Å². The Morgan fingerprint density at radius 1 is 0.828 bits per heavy atom. The molecule has 0 amide bonds. The highest BCUT2D eigenvalue weighted by molar-refractivity contribution is 6.31.